The van der Waals surface area contributed by atoms with Gasteiger partial charge >= 0.3 is 5.97 Å². The third-order valence-corrected chi connectivity index (χ3v) is 2.33. The Morgan fingerprint density at radius 1 is 1.44 bits per heavy atom. The minimum atomic E-state index is -0.462. The number of carbonyl (C=O) groups excluding carboxylic acids is 1. The standard InChI is InChI=1S/C11H11N3O2/c1-6-3-7-4-8(11(15)16-2)13-5-9(7)14-10(6)12/h3-5H,1-2H3,(H2,12,14). The molecule has 2 N–H and O–H groups in total. The average Bonchev–Trinajstić information content (AvgIpc) is 2.29. The summed E-state index contributed by atoms with van der Waals surface area (Å²) in [6, 6.07) is 3.51. The lowest BCUT2D eigenvalue weighted by molar-refractivity contribution is 0.0594. The molecule has 0 aliphatic carbocycles. The Kier molecular flexibility index (Phi) is 2.44. The first-order valence-corrected chi connectivity index (χ1v) is 4.73. The smallest absolute Gasteiger partial charge is 0.356 e. The Balaban J connectivity index is 2.62. The van der Waals surface area contributed by atoms with E-state index < -0.39 is 5.97 Å². The lowest BCUT2D eigenvalue weighted by atomic mass is 10.2. The van der Waals surface area contributed by atoms with Gasteiger partial charge in [-0.2, -0.15) is 0 Å². The highest BCUT2D eigenvalue weighted by Gasteiger charge is 2.09. The van der Waals surface area contributed by atoms with Crippen molar-refractivity contribution in [3.63, 3.8) is 0 Å². The van der Waals surface area contributed by atoms with Crippen molar-refractivity contribution in [2.24, 2.45) is 0 Å². The summed E-state index contributed by atoms with van der Waals surface area (Å²) in [5, 5.41) is 0.821. The highest BCUT2D eigenvalue weighted by atomic mass is 16.5. The molecule has 0 saturated heterocycles. The molecule has 5 heteroatoms. The number of aromatic nitrogens is 2. The molecule has 0 unspecified atom stereocenters. The van der Waals surface area contributed by atoms with E-state index in [4.69, 9.17) is 5.73 Å². The summed E-state index contributed by atoms with van der Waals surface area (Å²) < 4.78 is 4.59. The van der Waals surface area contributed by atoms with E-state index in [-0.39, 0.29) is 5.69 Å². The van der Waals surface area contributed by atoms with Crippen molar-refractivity contribution in [1.82, 2.24) is 9.97 Å². The van der Waals surface area contributed by atoms with Crippen molar-refractivity contribution in [2.75, 3.05) is 12.8 Å². The number of nitrogen functional groups attached to an aromatic ring is 1. The first kappa shape index (κ1) is 10.4. The maximum Gasteiger partial charge on any atom is 0.356 e. The Morgan fingerprint density at radius 3 is 2.88 bits per heavy atom. The van der Waals surface area contributed by atoms with Crippen LogP contribution in [0.25, 0.3) is 10.9 Å². The van der Waals surface area contributed by atoms with E-state index in [2.05, 4.69) is 14.7 Å². The topological polar surface area (TPSA) is 78.1 Å². The summed E-state index contributed by atoms with van der Waals surface area (Å²) in [6.07, 6.45) is 1.51. The van der Waals surface area contributed by atoms with Crippen LogP contribution >= 0.6 is 0 Å². The van der Waals surface area contributed by atoms with Gasteiger partial charge in [0.05, 0.1) is 18.8 Å². The Labute approximate surface area is 92.3 Å². The Hall–Kier alpha value is -2.17. The third-order valence-electron chi connectivity index (χ3n) is 2.33. The first-order valence-electron chi connectivity index (χ1n) is 4.73. The van der Waals surface area contributed by atoms with Crippen LogP contribution in [-0.4, -0.2) is 23.0 Å². The van der Waals surface area contributed by atoms with Crippen LogP contribution < -0.4 is 5.73 Å². The third kappa shape index (κ3) is 1.67. The second kappa shape index (κ2) is 3.77. The summed E-state index contributed by atoms with van der Waals surface area (Å²) in [5.74, 6) is 0.0106. The van der Waals surface area contributed by atoms with Crippen molar-refractivity contribution >= 4 is 22.7 Å². The fraction of sp³-hybridized carbons (Fsp3) is 0.182. The summed E-state index contributed by atoms with van der Waals surface area (Å²) in [5.41, 5.74) is 7.48. The van der Waals surface area contributed by atoms with Gasteiger partial charge in [0, 0.05) is 5.39 Å². The molecule has 0 aliphatic heterocycles. The number of hydrogen-bond donors (Lipinski definition) is 1. The normalized spacial score (nSPS) is 10.4. The number of ether oxygens (including phenoxy) is 1. The zero-order valence-corrected chi connectivity index (χ0v) is 9.02. The summed E-state index contributed by atoms with van der Waals surface area (Å²) in [4.78, 5) is 19.4. The zero-order valence-electron chi connectivity index (χ0n) is 9.02. The fourth-order valence-corrected chi connectivity index (χ4v) is 1.41. The van der Waals surface area contributed by atoms with E-state index in [0.717, 1.165) is 10.9 Å². The predicted octanol–water partition coefficient (Wildman–Crippen LogP) is 1.31. The molecule has 0 saturated carbocycles. The molecule has 0 atom stereocenters. The molecule has 2 heterocycles. The number of carbonyl (C=O) groups is 1. The minimum Gasteiger partial charge on any atom is -0.464 e. The van der Waals surface area contributed by atoms with Gasteiger partial charge in [-0.3, -0.25) is 0 Å². The van der Waals surface area contributed by atoms with Crippen molar-refractivity contribution in [3.8, 4) is 0 Å². The molecule has 0 amide bonds. The molecule has 2 rings (SSSR count). The second-order valence-corrected chi connectivity index (χ2v) is 3.44. The van der Waals surface area contributed by atoms with Crippen LogP contribution in [0, 0.1) is 6.92 Å². The van der Waals surface area contributed by atoms with E-state index in [1.165, 1.54) is 13.3 Å². The van der Waals surface area contributed by atoms with Crippen LogP contribution in [0.3, 0.4) is 0 Å². The molecule has 0 fully saturated rings. The van der Waals surface area contributed by atoms with Crippen molar-refractivity contribution in [2.45, 2.75) is 6.92 Å². The SMILES string of the molecule is COC(=O)c1cc2cc(C)c(N)nc2cn1. The van der Waals surface area contributed by atoms with Gasteiger partial charge in [0.25, 0.3) is 0 Å². The van der Waals surface area contributed by atoms with Gasteiger partial charge in [0.2, 0.25) is 0 Å². The van der Waals surface area contributed by atoms with Crippen LogP contribution in [0.1, 0.15) is 16.1 Å². The molecule has 2 aromatic rings. The zero-order chi connectivity index (χ0) is 11.7. The number of esters is 1. The van der Waals surface area contributed by atoms with E-state index in [0.29, 0.717) is 11.3 Å². The minimum absolute atomic E-state index is 0.265. The lowest BCUT2D eigenvalue weighted by Gasteiger charge is -2.04. The monoisotopic (exact) mass is 217 g/mol. The molecule has 0 bridgehead atoms. The van der Waals surface area contributed by atoms with E-state index in [1.54, 1.807) is 6.07 Å². The predicted molar refractivity (Wildman–Crippen MR) is 60.0 cm³/mol. The maximum absolute atomic E-state index is 11.3. The van der Waals surface area contributed by atoms with Gasteiger partial charge in [-0.1, -0.05) is 0 Å². The summed E-state index contributed by atoms with van der Waals surface area (Å²) in [6.45, 7) is 1.86. The Bertz CT molecular complexity index is 566. The average molecular weight is 217 g/mol. The number of fused-ring (bicyclic) bond motifs is 1. The summed E-state index contributed by atoms with van der Waals surface area (Å²) in [7, 11) is 1.32. The number of anilines is 1. The fourth-order valence-electron chi connectivity index (χ4n) is 1.41. The molecule has 0 aromatic carbocycles. The first-order chi connectivity index (χ1) is 7.61. The van der Waals surface area contributed by atoms with Crippen LogP contribution in [0.2, 0.25) is 0 Å². The van der Waals surface area contributed by atoms with Gasteiger partial charge in [0.15, 0.2) is 0 Å². The second-order valence-electron chi connectivity index (χ2n) is 3.44. The quantitative estimate of drug-likeness (QED) is 0.728. The molecule has 5 nitrogen and oxygen atoms in total. The number of pyridine rings is 2. The molecule has 16 heavy (non-hydrogen) atoms. The van der Waals surface area contributed by atoms with E-state index in [9.17, 15) is 4.79 Å². The molecule has 0 aliphatic rings. The van der Waals surface area contributed by atoms with Crippen LogP contribution in [0.4, 0.5) is 5.82 Å². The van der Waals surface area contributed by atoms with Gasteiger partial charge in [-0.25, -0.2) is 14.8 Å². The molecule has 2 aromatic heterocycles. The number of aryl methyl sites for hydroxylation is 1. The molecule has 0 spiro atoms. The van der Waals surface area contributed by atoms with Crippen LogP contribution in [-0.2, 0) is 4.74 Å². The van der Waals surface area contributed by atoms with Crippen molar-refractivity contribution in [3.05, 3.63) is 29.6 Å². The van der Waals surface area contributed by atoms with Crippen molar-refractivity contribution < 1.29 is 9.53 Å². The molecular formula is C11H11N3O2. The number of hydrogen-bond acceptors (Lipinski definition) is 5. The van der Waals surface area contributed by atoms with Crippen LogP contribution in [0.15, 0.2) is 18.3 Å². The van der Waals surface area contributed by atoms with E-state index >= 15 is 0 Å². The van der Waals surface area contributed by atoms with Gasteiger partial charge in [0.1, 0.15) is 11.5 Å². The van der Waals surface area contributed by atoms with Crippen LogP contribution in [0.5, 0.6) is 0 Å². The van der Waals surface area contributed by atoms with Gasteiger partial charge in [-0.05, 0) is 24.6 Å². The van der Waals surface area contributed by atoms with Gasteiger partial charge < -0.3 is 10.5 Å². The molecular weight excluding hydrogens is 206 g/mol. The Morgan fingerprint density at radius 2 is 2.19 bits per heavy atom. The highest BCUT2D eigenvalue weighted by molar-refractivity contribution is 5.92. The number of nitrogens with two attached hydrogens (primary N) is 1. The molecule has 0 radical (unpaired) electrons. The summed E-state index contributed by atoms with van der Waals surface area (Å²) >= 11 is 0. The number of methoxy groups -OCH3 is 1. The highest BCUT2D eigenvalue weighted by Crippen LogP contribution is 2.17. The van der Waals surface area contributed by atoms with Gasteiger partial charge in [-0.15, -0.1) is 0 Å². The molecule has 82 valence electrons. The number of rotatable bonds is 1. The number of nitrogens with zero attached hydrogens (tertiary/aromatic N) is 2. The largest absolute Gasteiger partial charge is 0.464 e. The lowest BCUT2D eigenvalue weighted by Crippen LogP contribution is -2.04. The maximum atomic E-state index is 11.3. The van der Waals surface area contributed by atoms with E-state index in [1.807, 2.05) is 13.0 Å². The van der Waals surface area contributed by atoms with Crippen molar-refractivity contribution in [1.29, 1.82) is 0 Å².